The van der Waals surface area contributed by atoms with Gasteiger partial charge in [0, 0.05) is 24.0 Å². The molecule has 1 aromatic heterocycles. The van der Waals surface area contributed by atoms with Gasteiger partial charge in [-0.05, 0) is 63.8 Å². The molecule has 0 saturated carbocycles. The zero-order chi connectivity index (χ0) is 18.8. The van der Waals surface area contributed by atoms with Crippen LogP contribution in [0.25, 0.3) is 0 Å². The lowest BCUT2D eigenvalue weighted by molar-refractivity contribution is 0.585. The summed E-state index contributed by atoms with van der Waals surface area (Å²) in [6, 6.07) is 16.8. The second kappa shape index (κ2) is 7.39. The molecule has 1 aliphatic rings. The average Bonchev–Trinajstić information content (AvgIpc) is 2.68. The summed E-state index contributed by atoms with van der Waals surface area (Å²) < 4.78 is 2.03. The van der Waals surface area contributed by atoms with E-state index in [4.69, 9.17) is 10.1 Å². The first kappa shape index (κ1) is 17.5. The van der Waals surface area contributed by atoms with Gasteiger partial charge in [-0.1, -0.05) is 35.4 Å². The van der Waals surface area contributed by atoms with Crippen LogP contribution in [0.3, 0.4) is 0 Å². The first-order chi connectivity index (χ1) is 13.1. The van der Waals surface area contributed by atoms with Crippen molar-refractivity contribution >= 4 is 17.2 Å². The molecule has 0 spiro atoms. The van der Waals surface area contributed by atoms with Gasteiger partial charge in [0.2, 0.25) is 0 Å². The summed E-state index contributed by atoms with van der Waals surface area (Å²) in [6.07, 6.45) is 4.55. The SMILES string of the molecule is Cc1ccc(N=c2c(Nc3ccc(C)cc3)nn(C)c3c2CCCC3)cc1. The quantitative estimate of drug-likeness (QED) is 0.724. The number of anilines is 2. The second-order valence-corrected chi connectivity index (χ2v) is 7.39. The Labute approximate surface area is 160 Å². The molecule has 4 rings (SSSR count). The number of hydrogen-bond acceptors (Lipinski definition) is 3. The molecule has 0 atom stereocenters. The molecule has 4 heteroatoms. The summed E-state index contributed by atoms with van der Waals surface area (Å²) in [6.45, 7) is 4.19. The van der Waals surface area contributed by atoms with Crippen LogP contribution in [-0.2, 0) is 19.9 Å². The molecule has 0 unspecified atom stereocenters. The van der Waals surface area contributed by atoms with E-state index < -0.39 is 0 Å². The van der Waals surface area contributed by atoms with Crippen molar-refractivity contribution in [2.24, 2.45) is 12.0 Å². The third kappa shape index (κ3) is 3.80. The molecular weight excluding hydrogens is 332 g/mol. The highest BCUT2D eigenvalue weighted by molar-refractivity contribution is 5.57. The molecule has 1 heterocycles. The van der Waals surface area contributed by atoms with Crippen LogP contribution in [0.15, 0.2) is 53.5 Å². The van der Waals surface area contributed by atoms with Crippen molar-refractivity contribution in [3.8, 4) is 0 Å². The number of fused-ring (bicyclic) bond motifs is 1. The largest absolute Gasteiger partial charge is 0.337 e. The molecule has 138 valence electrons. The maximum absolute atomic E-state index is 5.01. The Hall–Kier alpha value is -2.88. The Morgan fingerprint density at radius 1 is 0.889 bits per heavy atom. The van der Waals surface area contributed by atoms with Crippen LogP contribution in [0.2, 0.25) is 0 Å². The highest BCUT2D eigenvalue weighted by Crippen LogP contribution is 2.22. The van der Waals surface area contributed by atoms with Gasteiger partial charge in [0.1, 0.15) is 5.36 Å². The summed E-state index contributed by atoms with van der Waals surface area (Å²) in [5.41, 5.74) is 7.12. The summed E-state index contributed by atoms with van der Waals surface area (Å²) in [7, 11) is 2.04. The van der Waals surface area contributed by atoms with Crippen LogP contribution in [0.1, 0.15) is 35.2 Å². The summed E-state index contributed by atoms with van der Waals surface area (Å²) in [5.74, 6) is 0.822. The van der Waals surface area contributed by atoms with E-state index in [9.17, 15) is 0 Å². The maximum atomic E-state index is 5.01. The summed E-state index contributed by atoms with van der Waals surface area (Å²) >= 11 is 0. The van der Waals surface area contributed by atoms with E-state index in [0.29, 0.717) is 0 Å². The molecule has 3 aromatic rings. The van der Waals surface area contributed by atoms with E-state index in [2.05, 4.69) is 67.7 Å². The number of nitrogens with one attached hydrogen (secondary N) is 1. The van der Waals surface area contributed by atoms with E-state index in [1.807, 2.05) is 11.7 Å². The standard InChI is InChI=1S/C23H26N4/c1-16-8-12-18(13-9-16)24-22-20-6-4-5-7-21(20)27(3)26-23(22)25-19-14-10-17(2)11-15-19/h8-15H,4-7H2,1-3H3,(H,25,26). The lowest BCUT2D eigenvalue weighted by Crippen LogP contribution is -2.27. The van der Waals surface area contributed by atoms with Gasteiger partial charge in [0.05, 0.1) is 5.69 Å². The van der Waals surface area contributed by atoms with Gasteiger partial charge < -0.3 is 5.32 Å². The van der Waals surface area contributed by atoms with Gasteiger partial charge in [-0.3, -0.25) is 4.68 Å². The number of hydrogen-bond donors (Lipinski definition) is 1. The Bertz CT molecular complexity index is 1010. The normalized spacial score (nSPS) is 14.1. The molecule has 27 heavy (non-hydrogen) atoms. The predicted molar refractivity (Wildman–Crippen MR) is 111 cm³/mol. The summed E-state index contributed by atoms with van der Waals surface area (Å²) in [5, 5.41) is 9.31. The molecule has 0 fully saturated rings. The van der Waals surface area contributed by atoms with Gasteiger partial charge >= 0.3 is 0 Å². The van der Waals surface area contributed by atoms with Crippen LogP contribution < -0.4 is 10.7 Å². The molecule has 0 saturated heterocycles. The second-order valence-electron chi connectivity index (χ2n) is 7.39. The molecule has 4 nitrogen and oxygen atoms in total. The minimum Gasteiger partial charge on any atom is -0.337 e. The van der Waals surface area contributed by atoms with Crippen molar-refractivity contribution in [2.45, 2.75) is 39.5 Å². The van der Waals surface area contributed by atoms with E-state index in [-0.39, 0.29) is 0 Å². The number of rotatable bonds is 3. The molecule has 0 amide bonds. The first-order valence-electron chi connectivity index (χ1n) is 9.64. The Kier molecular flexibility index (Phi) is 4.80. The van der Waals surface area contributed by atoms with Gasteiger partial charge in [-0.15, -0.1) is 0 Å². The highest BCUT2D eigenvalue weighted by Gasteiger charge is 2.18. The van der Waals surface area contributed by atoms with Gasteiger partial charge in [-0.2, -0.15) is 5.10 Å². The molecule has 0 bridgehead atoms. The Morgan fingerprint density at radius 2 is 1.52 bits per heavy atom. The topological polar surface area (TPSA) is 42.2 Å². The lowest BCUT2D eigenvalue weighted by atomic mass is 9.95. The monoisotopic (exact) mass is 358 g/mol. The van der Waals surface area contributed by atoms with Gasteiger partial charge in [0.15, 0.2) is 5.82 Å². The number of aryl methyl sites for hydroxylation is 3. The third-order valence-corrected chi connectivity index (χ3v) is 5.18. The van der Waals surface area contributed by atoms with E-state index in [0.717, 1.165) is 35.4 Å². The van der Waals surface area contributed by atoms with Gasteiger partial charge in [-0.25, -0.2) is 4.99 Å². The maximum Gasteiger partial charge on any atom is 0.177 e. The fourth-order valence-electron chi connectivity index (χ4n) is 3.63. The van der Waals surface area contributed by atoms with Crippen LogP contribution in [0.4, 0.5) is 17.2 Å². The zero-order valence-corrected chi connectivity index (χ0v) is 16.3. The fourth-order valence-corrected chi connectivity index (χ4v) is 3.63. The van der Waals surface area contributed by atoms with Crippen molar-refractivity contribution in [3.63, 3.8) is 0 Å². The number of aromatic nitrogens is 2. The number of nitrogens with zero attached hydrogens (tertiary/aromatic N) is 3. The van der Waals surface area contributed by atoms with Crippen molar-refractivity contribution in [3.05, 3.63) is 76.3 Å². The van der Waals surface area contributed by atoms with Crippen LogP contribution in [-0.4, -0.2) is 9.78 Å². The molecule has 0 aliphatic heterocycles. The van der Waals surface area contributed by atoms with Gasteiger partial charge in [0.25, 0.3) is 0 Å². The molecule has 1 aliphatic carbocycles. The van der Waals surface area contributed by atoms with Crippen LogP contribution >= 0.6 is 0 Å². The number of benzene rings is 2. The molecule has 1 N–H and O–H groups in total. The Morgan fingerprint density at radius 3 is 2.22 bits per heavy atom. The molecule has 2 aromatic carbocycles. The minimum atomic E-state index is 0.822. The predicted octanol–water partition coefficient (Wildman–Crippen LogP) is 4.89. The van der Waals surface area contributed by atoms with Crippen LogP contribution in [0, 0.1) is 13.8 Å². The van der Waals surface area contributed by atoms with Crippen molar-refractivity contribution in [2.75, 3.05) is 5.32 Å². The Balaban J connectivity index is 1.87. The lowest BCUT2D eigenvalue weighted by Gasteiger charge is -2.21. The van der Waals surface area contributed by atoms with E-state index in [1.165, 1.54) is 35.2 Å². The zero-order valence-electron chi connectivity index (χ0n) is 16.3. The van der Waals surface area contributed by atoms with E-state index >= 15 is 0 Å². The fraction of sp³-hybridized carbons (Fsp3) is 0.304. The summed E-state index contributed by atoms with van der Waals surface area (Å²) in [4.78, 5) is 5.01. The van der Waals surface area contributed by atoms with E-state index in [1.54, 1.807) is 0 Å². The van der Waals surface area contributed by atoms with Crippen molar-refractivity contribution in [1.82, 2.24) is 9.78 Å². The van der Waals surface area contributed by atoms with Crippen molar-refractivity contribution in [1.29, 1.82) is 0 Å². The molecule has 0 radical (unpaired) electrons. The average molecular weight is 358 g/mol. The molecular formula is C23H26N4. The first-order valence-corrected chi connectivity index (χ1v) is 9.64. The minimum absolute atomic E-state index is 0.822. The van der Waals surface area contributed by atoms with Crippen LogP contribution in [0.5, 0.6) is 0 Å². The highest BCUT2D eigenvalue weighted by atomic mass is 15.3. The third-order valence-electron chi connectivity index (χ3n) is 5.18. The van der Waals surface area contributed by atoms with Crippen molar-refractivity contribution < 1.29 is 0 Å². The smallest absolute Gasteiger partial charge is 0.177 e.